The highest BCUT2D eigenvalue weighted by Gasteiger charge is 2.14. The quantitative estimate of drug-likeness (QED) is 0.668. The molecule has 0 atom stereocenters. The summed E-state index contributed by atoms with van der Waals surface area (Å²) in [6.07, 6.45) is 0. The third kappa shape index (κ3) is 3.70. The van der Waals surface area contributed by atoms with Crippen LogP contribution in [0.2, 0.25) is 5.02 Å². The van der Waals surface area contributed by atoms with Crippen molar-refractivity contribution in [2.75, 3.05) is 12.4 Å². The van der Waals surface area contributed by atoms with Gasteiger partial charge in [-0.3, -0.25) is 19.0 Å². The van der Waals surface area contributed by atoms with Crippen molar-refractivity contribution in [2.24, 2.45) is 0 Å². The van der Waals surface area contributed by atoms with Crippen molar-refractivity contribution in [1.29, 1.82) is 0 Å². The molecule has 0 fully saturated rings. The smallest absolute Gasteiger partial charge is 0.317 e. The Morgan fingerprint density at radius 2 is 2.04 bits per heavy atom. The second-order valence-corrected chi connectivity index (χ2v) is 6.26. The number of rotatable bonds is 4. The van der Waals surface area contributed by atoms with Crippen molar-refractivity contribution in [2.45, 2.75) is 13.5 Å². The number of anilines is 1. The summed E-state index contributed by atoms with van der Waals surface area (Å²) >= 11 is 6.04. The van der Waals surface area contributed by atoms with Crippen molar-refractivity contribution in [1.82, 2.24) is 9.55 Å². The fourth-order valence-corrected chi connectivity index (χ4v) is 2.83. The molecule has 27 heavy (non-hydrogen) atoms. The number of benzene rings is 2. The molecule has 1 aromatic heterocycles. The predicted molar refractivity (Wildman–Crippen MR) is 100 cm³/mol. The molecular weight excluding hydrogens is 377 g/mol. The number of nitrogens with one attached hydrogen (secondary N) is 2. The van der Waals surface area contributed by atoms with Crippen LogP contribution in [0, 0.1) is 12.7 Å². The van der Waals surface area contributed by atoms with Crippen molar-refractivity contribution in [3.63, 3.8) is 0 Å². The standard InChI is InChI=1S/C18H15ClFN3O4/c1-9-5-13(15(27-2)7-11(9)19)21-16(24)8-23-14-4-3-10(20)6-12(14)22-17(25)18(23)26/h3-7H,8H2,1-2H3,(H,21,24)(H,22,25). The summed E-state index contributed by atoms with van der Waals surface area (Å²) in [5.41, 5.74) is -0.410. The number of hydrogen-bond donors (Lipinski definition) is 2. The van der Waals surface area contributed by atoms with E-state index in [9.17, 15) is 18.8 Å². The van der Waals surface area contributed by atoms with E-state index in [4.69, 9.17) is 16.3 Å². The van der Waals surface area contributed by atoms with Gasteiger partial charge < -0.3 is 15.0 Å². The van der Waals surface area contributed by atoms with Gasteiger partial charge in [-0.05, 0) is 36.8 Å². The molecule has 0 saturated heterocycles. The number of hydrogen-bond acceptors (Lipinski definition) is 4. The number of aromatic nitrogens is 2. The maximum atomic E-state index is 13.4. The lowest BCUT2D eigenvalue weighted by Gasteiger charge is -2.14. The van der Waals surface area contributed by atoms with Crippen LogP contribution in [0.25, 0.3) is 11.0 Å². The fraction of sp³-hybridized carbons (Fsp3) is 0.167. The van der Waals surface area contributed by atoms with E-state index in [0.29, 0.717) is 16.5 Å². The molecule has 0 aliphatic carbocycles. The van der Waals surface area contributed by atoms with Gasteiger partial charge in [0.2, 0.25) is 5.91 Å². The van der Waals surface area contributed by atoms with Crippen LogP contribution >= 0.6 is 11.6 Å². The summed E-state index contributed by atoms with van der Waals surface area (Å²) in [7, 11) is 1.43. The summed E-state index contributed by atoms with van der Waals surface area (Å²) in [5, 5.41) is 3.11. The number of nitrogens with zero attached hydrogens (tertiary/aromatic N) is 1. The van der Waals surface area contributed by atoms with Gasteiger partial charge in [0.15, 0.2) is 0 Å². The number of carbonyl (C=O) groups is 1. The minimum Gasteiger partial charge on any atom is -0.495 e. The molecule has 1 amide bonds. The Morgan fingerprint density at radius 1 is 1.30 bits per heavy atom. The molecule has 9 heteroatoms. The highest BCUT2D eigenvalue weighted by Crippen LogP contribution is 2.30. The maximum absolute atomic E-state index is 13.4. The minimum atomic E-state index is -0.944. The van der Waals surface area contributed by atoms with Crippen LogP contribution < -0.4 is 21.2 Å². The Bertz CT molecular complexity index is 1170. The number of halogens is 2. The summed E-state index contributed by atoms with van der Waals surface area (Å²) < 4.78 is 19.6. The monoisotopic (exact) mass is 391 g/mol. The van der Waals surface area contributed by atoms with E-state index < -0.39 is 29.4 Å². The topological polar surface area (TPSA) is 93.2 Å². The van der Waals surface area contributed by atoms with Crippen LogP contribution in [0.4, 0.5) is 10.1 Å². The second kappa shape index (κ2) is 7.24. The SMILES string of the molecule is COc1cc(Cl)c(C)cc1NC(=O)Cn1c(=O)c(=O)[nH]c2cc(F)ccc21. The Hall–Kier alpha value is -3.13. The van der Waals surface area contributed by atoms with E-state index in [1.54, 1.807) is 19.1 Å². The lowest BCUT2D eigenvalue weighted by atomic mass is 10.2. The van der Waals surface area contributed by atoms with Crippen molar-refractivity contribution >= 4 is 34.2 Å². The lowest BCUT2D eigenvalue weighted by molar-refractivity contribution is -0.116. The minimum absolute atomic E-state index is 0.118. The zero-order chi connectivity index (χ0) is 19.7. The van der Waals surface area contributed by atoms with Gasteiger partial charge in [0.05, 0.1) is 23.8 Å². The van der Waals surface area contributed by atoms with Crippen LogP contribution in [0.15, 0.2) is 39.9 Å². The van der Waals surface area contributed by atoms with Gasteiger partial charge in [0.1, 0.15) is 18.1 Å². The lowest BCUT2D eigenvalue weighted by Crippen LogP contribution is -2.38. The molecule has 0 bridgehead atoms. The molecule has 0 unspecified atom stereocenters. The first-order valence-corrected chi connectivity index (χ1v) is 8.24. The van der Waals surface area contributed by atoms with Gasteiger partial charge in [-0.15, -0.1) is 0 Å². The summed E-state index contributed by atoms with van der Waals surface area (Å²) in [6, 6.07) is 6.73. The van der Waals surface area contributed by atoms with E-state index in [1.165, 1.54) is 13.2 Å². The first kappa shape index (κ1) is 18.7. The molecule has 1 heterocycles. The number of methoxy groups -OCH3 is 1. The molecule has 140 valence electrons. The number of aromatic amines is 1. The van der Waals surface area contributed by atoms with Gasteiger partial charge in [0.25, 0.3) is 0 Å². The summed E-state index contributed by atoms with van der Waals surface area (Å²) in [4.78, 5) is 38.8. The van der Waals surface area contributed by atoms with Crippen LogP contribution in [0.5, 0.6) is 5.75 Å². The normalized spacial score (nSPS) is 10.8. The number of ether oxygens (including phenoxy) is 1. The predicted octanol–water partition coefficient (Wildman–Crippen LogP) is 2.44. The molecule has 2 N–H and O–H groups in total. The zero-order valence-electron chi connectivity index (χ0n) is 14.4. The van der Waals surface area contributed by atoms with Crippen molar-refractivity contribution in [3.05, 3.63) is 67.4 Å². The van der Waals surface area contributed by atoms with Crippen LogP contribution in [0.1, 0.15) is 5.56 Å². The fourth-order valence-electron chi connectivity index (χ4n) is 2.67. The van der Waals surface area contributed by atoms with Crippen molar-refractivity contribution in [3.8, 4) is 5.75 Å². The summed E-state index contributed by atoms with van der Waals surface area (Å²) in [5.74, 6) is -0.786. The molecule has 0 saturated carbocycles. The van der Waals surface area contributed by atoms with E-state index >= 15 is 0 Å². The number of fused-ring (bicyclic) bond motifs is 1. The Labute approximate surface area is 157 Å². The zero-order valence-corrected chi connectivity index (χ0v) is 15.2. The average molecular weight is 392 g/mol. The molecule has 0 spiro atoms. The van der Waals surface area contributed by atoms with Crippen LogP contribution in [-0.2, 0) is 11.3 Å². The molecular formula is C18H15ClFN3O4. The van der Waals surface area contributed by atoms with Gasteiger partial charge in [-0.25, -0.2) is 4.39 Å². The first-order chi connectivity index (χ1) is 12.8. The van der Waals surface area contributed by atoms with Crippen molar-refractivity contribution < 1.29 is 13.9 Å². The molecule has 2 aromatic carbocycles. The van der Waals surface area contributed by atoms with Crippen LogP contribution in [-0.4, -0.2) is 22.6 Å². The Morgan fingerprint density at radius 3 is 2.74 bits per heavy atom. The number of carbonyl (C=O) groups excluding carboxylic acids is 1. The first-order valence-electron chi connectivity index (χ1n) is 7.86. The summed E-state index contributed by atoms with van der Waals surface area (Å²) in [6.45, 7) is 1.33. The van der Waals surface area contributed by atoms with Gasteiger partial charge >= 0.3 is 11.1 Å². The number of aryl methyl sites for hydroxylation is 1. The van der Waals surface area contributed by atoms with E-state index in [2.05, 4.69) is 10.3 Å². The second-order valence-electron chi connectivity index (χ2n) is 5.86. The Kier molecular flexibility index (Phi) is 5.00. The van der Waals surface area contributed by atoms with Gasteiger partial charge in [-0.2, -0.15) is 0 Å². The third-order valence-electron chi connectivity index (χ3n) is 3.99. The number of H-pyrrole nitrogens is 1. The number of amides is 1. The molecule has 0 radical (unpaired) electrons. The maximum Gasteiger partial charge on any atom is 0.317 e. The highest BCUT2D eigenvalue weighted by molar-refractivity contribution is 6.31. The van der Waals surface area contributed by atoms with E-state index in [0.717, 1.165) is 22.3 Å². The van der Waals surface area contributed by atoms with Gasteiger partial charge in [-0.1, -0.05) is 11.6 Å². The van der Waals surface area contributed by atoms with E-state index in [1.807, 2.05) is 0 Å². The third-order valence-corrected chi connectivity index (χ3v) is 4.40. The highest BCUT2D eigenvalue weighted by atomic mass is 35.5. The largest absolute Gasteiger partial charge is 0.495 e. The van der Waals surface area contributed by atoms with E-state index in [-0.39, 0.29) is 11.0 Å². The molecule has 3 aromatic rings. The van der Waals surface area contributed by atoms with Gasteiger partial charge in [0, 0.05) is 11.1 Å². The average Bonchev–Trinajstić information content (AvgIpc) is 2.61. The van der Waals surface area contributed by atoms with Crippen LogP contribution in [0.3, 0.4) is 0 Å². The molecule has 3 rings (SSSR count). The molecule has 7 nitrogen and oxygen atoms in total. The Balaban J connectivity index is 1.98. The molecule has 0 aliphatic heterocycles. The molecule has 0 aliphatic rings.